The molecule has 2 atom stereocenters. The molecule has 0 aromatic carbocycles. The summed E-state index contributed by atoms with van der Waals surface area (Å²) < 4.78 is 5.12. The molecular formula is C12H21NO2. The van der Waals surface area contributed by atoms with Crippen LogP contribution in [0.3, 0.4) is 0 Å². The quantitative estimate of drug-likeness (QED) is 0.652. The number of carbonyl (C=O) groups is 1. The molecule has 0 saturated carbocycles. The summed E-state index contributed by atoms with van der Waals surface area (Å²) in [6.07, 6.45) is 5.85. The molecule has 2 unspecified atom stereocenters. The van der Waals surface area contributed by atoms with Crippen LogP contribution in [0.5, 0.6) is 0 Å². The molecule has 3 nitrogen and oxygen atoms in total. The van der Waals surface area contributed by atoms with Crippen LogP contribution in [0.1, 0.15) is 39.0 Å². The molecule has 0 amide bonds. The van der Waals surface area contributed by atoms with E-state index < -0.39 is 0 Å². The average molecular weight is 211 g/mol. The van der Waals surface area contributed by atoms with Gasteiger partial charge in [-0.05, 0) is 39.7 Å². The van der Waals surface area contributed by atoms with Gasteiger partial charge in [-0.1, -0.05) is 6.42 Å². The van der Waals surface area contributed by atoms with Gasteiger partial charge in [-0.15, -0.1) is 0 Å². The molecular weight excluding hydrogens is 190 g/mol. The lowest BCUT2D eigenvalue weighted by atomic mass is 9.79. The fourth-order valence-corrected chi connectivity index (χ4v) is 3.07. The van der Waals surface area contributed by atoms with Crippen molar-refractivity contribution in [3.63, 3.8) is 0 Å². The molecule has 0 spiro atoms. The van der Waals surface area contributed by atoms with Crippen molar-refractivity contribution in [2.75, 3.05) is 13.7 Å². The number of nitrogens with zero attached hydrogens (tertiary/aromatic N) is 1. The standard InChI is InChI=1S/C12H21NO2/c1-3-15-12(14)9-7-10-5-4-6-11(8-9)13(10)2/h9-11H,3-8H2,1-2H3. The van der Waals surface area contributed by atoms with Crippen molar-refractivity contribution in [2.24, 2.45) is 5.92 Å². The van der Waals surface area contributed by atoms with Crippen LogP contribution in [0.25, 0.3) is 0 Å². The Morgan fingerprint density at radius 2 is 1.93 bits per heavy atom. The summed E-state index contributed by atoms with van der Waals surface area (Å²) >= 11 is 0. The first-order valence-electron chi connectivity index (χ1n) is 6.11. The number of piperidine rings is 2. The van der Waals surface area contributed by atoms with Crippen molar-refractivity contribution >= 4 is 5.97 Å². The monoisotopic (exact) mass is 211 g/mol. The first-order valence-corrected chi connectivity index (χ1v) is 6.11. The zero-order valence-electron chi connectivity index (χ0n) is 9.74. The molecule has 0 radical (unpaired) electrons. The molecule has 0 aromatic rings. The third-order valence-corrected chi connectivity index (χ3v) is 3.96. The van der Waals surface area contributed by atoms with Crippen LogP contribution in [-0.4, -0.2) is 36.6 Å². The second-order valence-electron chi connectivity index (χ2n) is 4.82. The summed E-state index contributed by atoms with van der Waals surface area (Å²) in [7, 11) is 2.20. The highest BCUT2D eigenvalue weighted by atomic mass is 16.5. The molecule has 0 aliphatic carbocycles. The Balaban J connectivity index is 1.98. The normalized spacial score (nSPS) is 36.3. The number of ether oxygens (including phenoxy) is 1. The van der Waals surface area contributed by atoms with Crippen LogP contribution in [-0.2, 0) is 9.53 Å². The van der Waals surface area contributed by atoms with E-state index in [0.717, 1.165) is 12.8 Å². The lowest BCUT2D eigenvalue weighted by molar-refractivity contribution is -0.152. The van der Waals surface area contributed by atoms with Crippen LogP contribution >= 0.6 is 0 Å². The van der Waals surface area contributed by atoms with E-state index in [9.17, 15) is 4.79 Å². The molecule has 2 aliphatic rings. The first kappa shape index (κ1) is 10.9. The number of rotatable bonds is 2. The highest BCUT2D eigenvalue weighted by Gasteiger charge is 2.39. The molecule has 0 aromatic heterocycles. The second-order valence-corrected chi connectivity index (χ2v) is 4.82. The Labute approximate surface area is 91.8 Å². The topological polar surface area (TPSA) is 29.5 Å². The van der Waals surface area contributed by atoms with Crippen LogP contribution < -0.4 is 0 Å². The zero-order chi connectivity index (χ0) is 10.8. The minimum Gasteiger partial charge on any atom is -0.466 e. The van der Waals surface area contributed by atoms with Gasteiger partial charge in [-0.2, -0.15) is 0 Å². The van der Waals surface area contributed by atoms with Crippen molar-refractivity contribution in [2.45, 2.75) is 51.1 Å². The van der Waals surface area contributed by atoms with Gasteiger partial charge in [0, 0.05) is 12.1 Å². The van der Waals surface area contributed by atoms with Gasteiger partial charge in [-0.3, -0.25) is 4.79 Å². The SMILES string of the molecule is CCOC(=O)C1CC2CCCC(C1)N2C. The average Bonchev–Trinajstić information content (AvgIpc) is 2.17. The van der Waals surface area contributed by atoms with Crippen LogP contribution in [0.15, 0.2) is 0 Å². The van der Waals surface area contributed by atoms with Gasteiger partial charge >= 0.3 is 5.97 Å². The van der Waals surface area contributed by atoms with Crippen molar-refractivity contribution in [1.29, 1.82) is 0 Å². The number of esters is 1. The summed E-state index contributed by atoms with van der Waals surface area (Å²) in [6.45, 7) is 2.40. The Hall–Kier alpha value is -0.570. The maximum atomic E-state index is 11.7. The van der Waals surface area contributed by atoms with Gasteiger partial charge in [0.1, 0.15) is 0 Å². The summed E-state index contributed by atoms with van der Waals surface area (Å²) in [6, 6.07) is 1.24. The minimum absolute atomic E-state index is 0.0301. The predicted octanol–water partition coefficient (Wildman–Crippen LogP) is 1.81. The summed E-state index contributed by atoms with van der Waals surface area (Å²) in [5.41, 5.74) is 0. The van der Waals surface area contributed by atoms with E-state index >= 15 is 0 Å². The van der Waals surface area contributed by atoms with E-state index in [2.05, 4.69) is 11.9 Å². The molecule has 2 saturated heterocycles. The van der Waals surface area contributed by atoms with Gasteiger partial charge in [0.2, 0.25) is 0 Å². The molecule has 2 bridgehead atoms. The fourth-order valence-electron chi connectivity index (χ4n) is 3.07. The van der Waals surface area contributed by atoms with Crippen LogP contribution in [0.4, 0.5) is 0 Å². The second kappa shape index (κ2) is 4.52. The molecule has 3 heteroatoms. The lowest BCUT2D eigenvalue weighted by Gasteiger charge is -2.46. The van der Waals surface area contributed by atoms with E-state index in [0.29, 0.717) is 18.7 Å². The number of fused-ring (bicyclic) bond motifs is 2. The molecule has 2 heterocycles. The highest BCUT2D eigenvalue weighted by molar-refractivity contribution is 5.72. The van der Waals surface area contributed by atoms with Crippen molar-refractivity contribution < 1.29 is 9.53 Å². The van der Waals surface area contributed by atoms with E-state index in [1.807, 2.05) is 6.92 Å². The van der Waals surface area contributed by atoms with Gasteiger partial charge in [0.15, 0.2) is 0 Å². The number of hydrogen-bond acceptors (Lipinski definition) is 3. The van der Waals surface area contributed by atoms with E-state index in [-0.39, 0.29) is 11.9 Å². The van der Waals surface area contributed by atoms with Crippen LogP contribution in [0.2, 0.25) is 0 Å². The van der Waals surface area contributed by atoms with Gasteiger partial charge in [0.25, 0.3) is 0 Å². The number of carbonyl (C=O) groups excluding carboxylic acids is 1. The Bertz CT molecular complexity index is 228. The predicted molar refractivity (Wildman–Crippen MR) is 58.5 cm³/mol. The van der Waals surface area contributed by atoms with Gasteiger partial charge < -0.3 is 9.64 Å². The third-order valence-electron chi connectivity index (χ3n) is 3.96. The summed E-state index contributed by atoms with van der Waals surface area (Å²) in [4.78, 5) is 14.2. The van der Waals surface area contributed by atoms with E-state index in [1.54, 1.807) is 0 Å². The van der Waals surface area contributed by atoms with Gasteiger partial charge in [-0.25, -0.2) is 0 Å². The fraction of sp³-hybridized carbons (Fsp3) is 0.917. The molecule has 2 aliphatic heterocycles. The smallest absolute Gasteiger partial charge is 0.309 e. The summed E-state index contributed by atoms with van der Waals surface area (Å²) in [5, 5.41) is 0. The summed E-state index contributed by atoms with van der Waals surface area (Å²) in [5.74, 6) is 0.193. The largest absolute Gasteiger partial charge is 0.466 e. The lowest BCUT2D eigenvalue weighted by Crippen LogP contribution is -2.51. The van der Waals surface area contributed by atoms with Crippen molar-refractivity contribution in [3.05, 3.63) is 0 Å². The van der Waals surface area contributed by atoms with Crippen molar-refractivity contribution in [1.82, 2.24) is 4.90 Å². The van der Waals surface area contributed by atoms with E-state index in [1.165, 1.54) is 19.3 Å². The Kier molecular flexibility index (Phi) is 3.29. The molecule has 15 heavy (non-hydrogen) atoms. The highest BCUT2D eigenvalue weighted by Crippen LogP contribution is 2.36. The molecule has 0 N–H and O–H groups in total. The first-order chi connectivity index (χ1) is 7.22. The Morgan fingerprint density at radius 3 is 2.47 bits per heavy atom. The Morgan fingerprint density at radius 1 is 1.33 bits per heavy atom. The number of hydrogen-bond donors (Lipinski definition) is 0. The van der Waals surface area contributed by atoms with E-state index in [4.69, 9.17) is 4.74 Å². The van der Waals surface area contributed by atoms with Gasteiger partial charge in [0.05, 0.1) is 12.5 Å². The van der Waals surface area contributed by atoms with Crippen molar-refractivity contribution in [3.8, 4) is 0 Å². The third kappa shape index (κ3) is 2.17. The molecule has 2 fully saturated rings. The maximum absolute atomic E-state index is 11.7. The molecule has 2 rings (SSSR count). The molecule has 86 valence electrons. The van der Waals surface area contributed by atoms with Crippen LogP contribution in [0, 0.1) is 5.92 Å². The maximum Gasteiger partial charge on any atom is 0.309 e. The minimum atomic E-state index is 0.0301. The zero-order valence-corrected chi connectivity index (χ0v) is 9.74.